The normalized spacial score (nSPS) is 12.7. The van der Waals surface area contributed by atoms with E-state index in [-0.39, 0.29) is 23.6 Å². The lowest BCUT2D eigenvalue weighted by molar-refractivity contribution is -0.274. The van der Waals surface area contributed by atoms with Crippen molar-refractivity contribution in [3.05, 3.63) is 100 Å². The molecule has 0 radical (unpaired) electrons. The Kier molecular flexibility index (Phi) is 10.7. The topological polar surface area (TPSA) is 95.6 Å². The van der Waals surface area contributed by atoms with Gasteiger partial charge in [0.2, 0.25) is 0 Å². The Morgan fingerprint density at radius 1 is 1.02 bits per heavy atom. The van der Waals surface area contributed by atoms with Gasteiger partial charge in [-0.15, -0.1) is 29.6 Å². The maximum Gasteiger partial charge on any atom is 0.573 e. The fourth-order valence-corrected chi connectivity index (χ4v) is 6.13. The number of nitrogens with zero attached hydrogens (tertiary/aromatic N) is 5. The Morgan fingerprint density at radius 3 is 2.40 bits per heavy atom. The zero-order valence-electron chi connectivity index (χ0n) is 27.3. The molecule has 0 spiro atoms. The lowest BCUT2D eigenvalue weighted by Gasteiger charge is -2.16. The molecule has 1 unspecified atom stereocenters. The van der Waals surface area contributed by atoms with E-state index in [9.17, 15) is 18.0 Å². The summed E-state index contributed by atoms with van der Waals surface area (Å²) in [5.41, 5.74) is 5.59. The van der Waals surface area contributed by atoms with Gasteiger partial charge in [0.25, 0.3) is 0 Å². The molecule has 2 aromatic heterocycles. The first-order chi connectivity index (χ1) is 22.9. The molecule has 252 valence electrons. The van der Waals surface area contributed by atoms with Gasteiger partial charge >= 0.3 is 12.4 Å². The third-order valence-electron chi connectivity index (χ3n) is 7.83. The summed E-state index contributed by atoms with van der Waals surface area (Å²) >= 11 is 1.43. The molecule has 5 aromatic rings. The van der Waals surface area contributed by atoms with Gasteiger partial charge in [0, 0.05) is 23.2 Å². The molecule has 0 saturated carbocycles. The van der Waals surface area contributed by atoms with Crippen molar-refractivity contribution < 1.29 is 27.4 Å². The molecule has 9 nitrogen and oxygen atoms in total. The highest BCUT2D eigenvalue weighted by Crippen LogP contribution is 2.29. The van der Waals surface area contributed by atoms with Gasteiger partial charge in [-0.3, -0.25) is 4.57 Å². The number of alkyl halides is 3. The van der Waals surface area contributed by atoms with Crippen molar-refractivity contribution in [2.24, 2.45) is 4.99 Å². The smallest absolute Gasteiger partial charge is 0.497 e. The number of carbonyl (C=O) groups is 1. The van der Waals surface area contributed by atoms with Crippen LogP contribution in [0.1, 0.15) is 62.3 Å². The van der Waals surface area contributed by atoms with Gasteiger partial charge in [-0.05, 0) is 85.2 Å². The minimum atomic E-state index is -4.75. The Labute approximate surface area is 280 Å². The predicted octanol–water partition coefficient (Wildman–Crippen LogP) is 8.32. The fraction of sp³-hybridized carbons (Fsp3) is 0.314. The zero-order valence-corrected chi connectivity index (χ0v) is 28.1. The first-order valence-corrected chi connectivity index (χ1v) is 16.4. The predicted molar refractivity (Wildman–Crippen MR) is 179 cm³/mol. The molecule has 5 rings (SSSR count). The number of amides is 2. The maximum atomic E-state index is 12.8. The first kappa shape index (κ1) is 34.4. The number of carbonyl (C=O) groups excluding carboxylic acids is 1. The second-order valence-electron chi connectivity index (χ2n) is 11.6. The van der Waals surface area contributed by atoms with Crippen LogP contribution in [0.5, 0.6) is 11.5 Å². The SMILES string of the molecule is COc1ccc(-n2c(C)cs/c2=N\C(=O)NCCCC(C)c2ccc(-c3ncn(-c4ccc(OC(F)(F)F)cc4)n3)cc2)c(C(C)C)c1. The van der Waals surface area contributed by atoms with Crippen LogP contribution in [-0.2, 0) is 0 Å². The Hall–Kier alpha value is -4.91. The average molecular weight is 679 g/mol. The Balaban J connectivity index is 1.15. The minimum Gasteiger partial charge on any atom is -0.497 e. The number of halogens is 3. The number of nitrogens with one attached hydrogen (secondary N) is 1. The van der Waals surface area contributed by atoms with E-state index in [0.29, 0.717) is 22.9 Å². The zero-order chi connectivity index (χ0) is 34.4. The first-order valence-electron chi connectivity index (χ1n) is 15.5. The summed E-state index contributed by atoms with van der Waals surface area (Å²) in [4.78, 5) is 22.2. The van der Waals surface area contributed by atoms with E-state index in [2.05, 4.69) is 45.9 Å². The number of hydrogen-bond donors (Lipinski definition) is 1. The van der Waals surface area contributed by atoms with Gasteiger partial charge in [0.05, 0.1) is 18.5 Å². The number of hydrogen-bond acceptors (Lipinski definition) is 6. The van der Waals surface area contributed by atoms with Crippen LogP contribution in [0.3, 0.4) is 0 Å². The van der Waals surface area contributed by atoms with E-state index in [4.69, 9.17) is 4.74 Å². The molecule has 13 heteroatoms. The quantitative estimate of drug-likeness (QED) is 0.142. The number of thiazole rings is 1. The van der Waals surface area contributed by atoms with Crippen molar-refractivity contribution in [2.75, 3.05) is 13.7 Å². The van der Waals surface area contributed by atoms with E-state index in [0.717, 1.165) is 46.7 Å². The fourth-order valence-electron chi connectivity index (χ4n) is 5.27. The van der Waals surface area contributed by atoms with Crippen LogP contribution in [-0.4, -0.2) is 45.4 Å². The summed E-state index contributed by atoms with van der Waals surface area (Å²) < 4.78 is 50.2. The molecule has 2 amide bonds. The number of ether oxygens (including phenoxy) is 2. The molecular formula is C35H37F3N6O3S. The van der Waals surface area contributed by atoms with E-state index < -0.39 is 6.36 Å². The summed E-state index contributed by atoms with van der Waals surface area (Å²) in [6.07, 6.45) is -1.60. The third kappa shape index (κ3) is 8.51. The molecule has 0 saturated heterocycles. The Bertz CT molecular complexity index is 1910. The van der Waals surface area contributed by atoms with Gasteiger partial charge in [0.1, 0.15) is 17.8 Å². The molecule has 1 atom stereocenters. The number of urea groups is 1. The van der Waals surface area contributed by atoms with Gasteiger partial charge < -0.3 is 14.8 Å². The summed E-state index contributed by atoms with van der Waals surface area (Å²) in [5, 5.41) is 9.39. The number of methoxy groups -OCH3 is 1. The van der Waals surface area contributed by atoms with Crippen molar-refractivity contribution in [1.82, 2.24) is 24.6 Å². The molecule has 48 heavy (non-hydrogen) atoms. The van der Waals surface area contributed by atoms with Crippen molar-refractivity contribution in [2.45, 2.75) is 58.7 Å². The Morgan fingerprint density at radius 2 is 1.73 bits per heavy atom. The lowest BCUT2D eigenvalue weighted by Crippen LogP contribution is -2.25. The number of aromatic nitrogens is 4. The second-order valence-corrected chi connectivity index (χ2v) is 12.5. The third-order valence-corrected chi connectivity index (χ3v) is 8.77. The van der Waals surface area contributed by atoms with Gasteiger partial charge in [0.15, 0.2) is 10.6 Å². The molecular weight excluding hydrogens is 641 g/mol. The molecule has 0 aliphatic carbocycles. The van der Waals surface area contributed by atoms with Crippen molar-refractivity contribution in [3.63, 3.8) is 0 Å². The van der Waals surface area contributed by atoms with E-state index in [1.54, 1.807) is 7.11 Å². The van der Waals surface area contributed by atoms with Crippen LogP contribution in [0.25, 0.3) is 22.8 Å². The highest BCUT2D eigenvalue weighted by atomic mass is 32.1. The van der Waals surface area contributed by atoms with Crippen molar-refractivity contribution in [3.8, 4) is 34.3 Å². The van der Waals surface area contributed by atoms with E-state index in [1.165, 1.54) is 46.6 Å². The summed E-state index contributed by atoms with van der Waals surface area (Å²) in [6.45, 7) is 8.89. The second kappa shape index (κ2) is 14.9. The average Bonchev–Trinajstić information content (AvgIpc) is 3.69. The molecule has 3 aromatic carbocycles. The number of rotatable bonds is 11. The van der Waals surface area contributed by atoms with E-state index in [1.807, 2.05) is 59.3 Å². The lowest BCUT2D eigenvalue weighted by atomic mass is 9.95. The highest BCUT2D eigenvalue weighted by Gasteiger charge is 2.31. The molecule has 0 fully saturated rings. The van der Waals surface area contributed by atoms with Gasteiger partial charge in [-0.1, -0.05) is 45.0 Å². The maximum absolute atomic E-state index is 12.8. The number of benzene rings is 3. The molecule has 0 aliphatic heterocycles. The van der Waals surface area contributed by atoms with Crippen LogP contribution in [0.4, 0.5) is 18.0 Å². The van der Waals surface area contributed by atoms with Crippen LogP contribution in [0, 0.1) is 6.92 Å². The summed E-state index contributed by atoms with van der Waals surface area (Å²) in [6, 6.07) is 18.9. The summed E-state index contributed by atoms with van der Waals surface area (Å²) in [5.74, 6) is 1.48. The standard InChI is InChI=1S/C35H37F3N6O3S/c1-22(2)30-19-29(46-5)16-17-31(30)44-24(4)20-48-34(44)41-33(45)39-18-6-7-23(3)25-8-10-26(11-9-25)32-40-21-43(42-32)27-12-14-28(15-13-27)47-35(36,37)38/h8-17,19-23H,6-7,18H2,1-5H3,(H,39,45)/b41-34-. The van der Waals surface area contributed by atoms with Crippen LogP contribution < -0.4 is 19.6 Å². The van der Waals surface area contributed by atoms with E-state index >= 15 is 0 Å². The number of aryl methyl sites for hydroxylation is 1. The molecule has 0 aliphatic rings. The van der Waals surface area contributed by atoms with Crippen LogP contribution in [0.2, 0.25) is 0 Å². The van der Waals surface area contributed by atoms with Gasteiger partial charge in [-0.2, -0.15) is 4.99 Å². The van der Waals surface area contributed by atoms with Crippen LogP contribution in [0.15, 0.2) is 83.4 Å². The molecule has 1 N–H and O–H groups in total. The van der Waals surface area contributed by atoms with Crippen LogP contribution >= 0.6 is 11.3 Å². The molecule has 0 bridgehead atoms. The van der Waals surface area contributed by atoms with Crippen molar-refractivity contribution >= 4 is 17.4 Å². The molecule has 2 heterocycles. The minimum absolute atomic E-state index is 0.251. The highest BCUT2D eigenvalue weighted by molar-refractivity contribution is 7.07. The van der Waals surface area contributed by atoms with Gasteiger partial charge in [-0.25, -0.2) is 14.5 Å². The van der Waals surface area contributed by atoms with Crippen molar-refractivity contribution in [1.29, 1.82) is 0 Å². The largest absolute Gasteiger partial charge is 0.573 e. The summed E-state index contributed by atoms with van der Waals surface area (Å²) in [7, 11) is 1.65. The monoisotopic (exact) mass is 678 g/mol.